The SMILES string of the molecule is Cc1nc([C@H](C)NC(=O)CCc2ccc(F)cc2)c(C)s1. The summed E-state index contributed by atoms with van der Waals surface area (Å²) in [7, 11) is 0. The van der Waals surface area contributed by atoms with Crippen molar-refractivity contribution in [2.24, 2.45) is 0 Å². The number of rotatable bonds is 5. The van der Waals surface area contributed by atoms with Gasteiger partial charge < -0.3 is 5.32 Å². The van der Waals surface area contributed by atoms with Gasteiger partial charge in [-0.3, -0.25) is 4.79 Å². The number of thiazole rings is 1. The van der Waals surface area contributed by atoms with E-state index in [1.165, 1.54) is 12.1 Å². The van der Waals surface area contributed by atoms with Crippen LogP contribution in [-0.4, -0.2) is 10.9 Å². The summed E-state index contributed by atoms with van der Waals surface area (Å²) < 4.78 is 12.8. The highest BCUT2D eigenvalue weighted by Gasteiger charge is 2.15. The van der Waals surface area contributed by atoms with Gasteiger partial charge in [0.2, 0.25) is 5.91 Å². The standard InChI is InChI=1S/C16H19FN2OS/c1-10(16-11(2)21-12(3)19-16)18-15(20)9-6-13-4-7-14(17)8-5-13/h4-5,7-8,10H,6,9H2,1-3H3,(H,18,20)/t10-/m0/s1. The molecular formula is C16H19FN2OS. The number of aryl methyl sites for hydroxylation is 3. The van der Waals surface area contributed by atoms with Gasteiger partial charge in [0.1, 0.15) is 5.82 Å². The molecule has 0 aliphatic carbocycles. The normalized spacial score (nSPS) is 12.2. The van der Waals surface area contributed by atoms with Crippen molar-refractivity contribution in [3.8, 4) is 0 Å². The predicted octanol–water partition coefficient (Wildman–Crippen LogP) is 3.71. The van der Waals surface area contributed by atoms with E-state index < -0.39 is 0 Å². The molecule has 1 heterocycles. The van der Waals surface area contributed by atoms with Crippen molar-refractivity contribution >= 4 is 17.2 Å². The molecule has 21 heavy (non-hydrogen) atoms. The number of carbonyl (C=O) groups excluding carboxylic acids is 1. The van der Waals surface area contributed by atoms with Crippen molar-refractivity contribution in [2.75, 3.05) is 0 Å². The van der Waals surface area contributed by atoms with Crippen LogP contribution in [0.1, 0.15) is 40.5 Å². The summed E-state index contributed by atoms with van der Waals surface area (Å²) in [5.74, 6) is -0.275. The molecule has 1 atom stereocenters. The van der Waals surface area contributed by atoms with Crippen LogP contribution in [-0.2, 0) is 11.2 Å². The fourth-order valence-electron chi connectivity index (χ4n) is 2.24. The lowest BCUT2D eigenvalue weighted by Crippen LogP contribution is -2.27. The van der Waals surface area contributed by atoms with Crippen LogP contribution in [0, 0.1) is 19.7 Å². The van der Waals surface area contributed by atoms with E-state index in [1.54, 1.807) is 23.5 Å². The van der Waals surface area contributed by atoms with Crippen LogP contribution in [0.5, 0.6) is 0 Å². The minimum Gasteiger partial charge on any atom is -0.348 e. The second-order valence-corrected chi connectivity index (χ2v) is 6.50. The van der Waals surface area contributed by atoms with E-state index in [4.69, 9.17) is 0 Å². The van der Waals surface area contributed by atoms with Crippen molar-refractivity contribution in [3.05, 3.63) is 51.2 Å². The van der Waals surface area contributed by atoms with Gasteiger partial charge in [-0.25, -0.2) is 9.37 Å². The Labute approximate surface area is 128 Å². The molecule has 0 saturated heterocycles. The van der Waals surface area contributed by atoms with Gasteiger partial charge in [-0.15, -0.1) is 11.3 Å². The lowest BCUT2D eigenvalue weighted by atomic mass is 10.1. The topological polar surface area (TPSA) is 42.0 Å². The molecule has 1 aromatic carbocycles. The van der Waals surface area contributed by atoms with Gasteiger partial charge in [0, 0.05) is 11.3 Å². The molecule has 0 spiro atoms. The first-order valence-corrected chi connectivity index (χ1v) is 7.75. The Kier molecular flexibility index (Phi) is 5.07. The highest BCUT2D eigenvalue weighted by Crippen LogP contribution is 2.22. The number of benzene rings is 1. The number of nitrogens with one attached hydrogen (secondary N) is 1. The minimum atomic E-state index is -0.258. The van der Waals surface area contributed by atoms with E-state index in [1.807, 2.05) is 20.8 Å². The van der Waals surface area contributed by atoms with Crippen LogP contribution in [0.2, 0.25) is 0 Å². The van der Waals surface area contributed by atoms with Gasteiger partial charge in [0.25, 0.3) is 0 Å². The number of aromatic nitrogens is 1. The molecular weight excluding hydrogens is 287 g/mol. The zero-order valence-electron chi connectivity index (χ0n) is 12.4. The second-order valence-electron chi connectivity index (χ2n) is 5.09. The van der Waals surface area contributed by atoms with E-state index in [-0.39, 0.29) is 17.8 Å². The van der Waals surface area contributed by atoms with Gasteiger partial charge in [0.15, 0.2) is 0 Å². The Hall–Kier alpha value is -1.75. The quantitative estimate of drug-likeness (QED) is 0.915. The Bertz CT molecular complexity index is 622. The number of amides is 1. The monoisotopic (exact) mass is 306 g/mol. The molecule has 0 aliphatic heterocycles. The van der Waals surface area contributed by atoms with Crippen LogP contribution < -0.4 is 5.32 Å². The number of halogens is 1. The number of carbonyl (C=O) groups is 1. The van der Waals surface area contributed by atoms with Crippen molar-refractivity contribution in [1.29, 1.82) is 0 Å². The van der Waals surface area contributed by atoms with Crippen LogP contribution in [0.4, 0.5) is 4.39 Å². The summed E-state index contributed by atoms with van der Waals surface area (Å²) in [6.07, 6.45) is 0.992. The zero-order chi connectivity index (χ0) is 15.4. The van der Waals surface area contributed by atoms with E-state index >= 15 is 0 Å². The number of hydrogen-bond acceptors (Lipinski definition) is 3. The molecule has 3 nitrogen and oxygen atoms in total. The Morgan fingerprint density at radius 1 is 1.33 bits per heavy atom. The van der Waals surface area contributed by atoms with E-state index in [2.05, 4.69) is 10.3 Å². The average molecular weight is 306 g/mol. The first-order chi connectivity index (χ1) is 9.95. The maximum absolute atomic E-state index is 12.8. The molecule has 1 N–H and O–H groups in total. The molecule has 0 aliphatic rings. The van der Waals surface area contributed by atoms with E-state index in [0.717, 1.165) is 21.1 Å². The van der Waals surface area contributed by atoms with Crippen LogP contribution in [0.3, 0.4) is 0 Å². The Balaban J connectivity index is 1.87. The van der Waals surface area contributed by atoms with Crippen molar-refractivity contribution in [1.82, 2.24) is 10.3 Å². The Morgan fingerprint density at radius 3 is 2.57 bits per heavy atom. The summed E-state index contributed by atoms with van der Waals surface area (Å²) in [4.78, 5) is 17.6. The van der Waals surface area contributed by atoms with E-state index in [0.29, 0.717) is 12.8 Å². The summed E-state index contributed by atoms with van der Waals surface area (Å²) in [5, 5.41) is 3.97. The fourth-order valence-corrected chi connectivity index (χ4v) is 3.15. The first kappa shape index (κ1) is 15.6. The molecule has 5 heteroatoms. The molecule has 1 amide bonds. The highest BCUT2D eigenvalue weighted by molar-refractivity contribution is 7.11. The molecule has 0 unspecified atom stereocenters. The third kappa shape index (κ3) is 4.36. The summed E-state index contributed by atoms with van der Waals surface area (Å²) >= 11 is 1.64. The van der Waals surface area contributed by atoms with Gasteiger partial charge in [-0.2, -0.15) is 0 Å². The molecule has 2 rings (SSSR count). The minimum absolute atomic E-state index is 0.0168. The molecule has 1 aromatic heterocycles. The molecule has 0 radical (unpaired) electrons. The maximum atomic E-state index is 12.8. The molecule has 0 saturated carbocycles. The predicted molar refractivity (Wildman–Crippen MR) is 82.9 cm³/mol. The van der Waals surface area contributed by atoms with Crippen LogP contribution in [0.15, 0.2) is 24.3 Å². The van der Waals surface area contributed by atoms with Gasteiger partial charge in [-0.05, 0) is 44.9 Å². The summed E-state index contributed by atoms with van der Waals surface area (Å²) in [6.45, 7) is 5.92. The van der Waals surface area contributed by atoms with E-state index in [9.17, 15) is 9.18 Å². The molecule has 0 fully saturated rings. The smallest absolute Gasteiger partial charge is 0.220 e. The molecule has 112 valence electrons. The molecule has 2 aromatic rings. The zero-order valence-corrected chi connectivity index (χ0v) is 13.3. The third-order valence-electron chi connectivity index (χ3n) is 3.28. The van der Waals surface area contributed by atoms with Gasteiger partial charge in [0.05, 0.1) is 16.7 Å². The Morgan fingerprint density at radius 2 is 2.00 bits per heavy atom. The lowest BCUT2D eigenvalue weighted by molar-refractivity contribution is -0.121. The maximum Gasteiger partial charge on any atom is 0.220 e. The van der Waals surface area contributed by atoms with Crippen LogP contribution >= 0.6 is 11.3 Å². The second kappa shape index (κ2) is 6.80. The fraction of sp³-hybridized carbons (Fsp3) is 0.375. The van der Waals surface area contributed by atoms with Crippen molar-refractivity contribution in [2.45, 2.75) is 39.7 Å². The lowest BCUT2D eigenvalue weighted by Gasteiger charge is -2.12. The number of hydrogen-bond donors (Lipinski definition) is 1. The largest absolute Gasteiger partial charge is 0.348 e. The average Bonchev–Trinajstić information content (AvgIpc) is 2.77. The van der Waals surface area contributed by atoms with Crippen molar-refractivity contribution < 1.29 is 9.18 Å². The van der Waals surface area contributed by atoms with Gasteiger partial charge >= 0.3 is 0 Å². The van der Waals surface area contributed by atoms with Crippen LogP contribution in [0.25, 0.3) is 0 Å². The third-order valence-corrected chi connectivity index (χ3v) is 4.18. The van der Waals surface area contributed by atoms with Crippen molar-refractivity contribution in [3.63, 3.8) is 0 Å². The summed E-state index contributed by atoms with van der Waals surface area (Å²) in [5.41, 5.74) is 1.90. The van der Waals surface area contributed by atoms with Gasteiger partial charge in [-0.1, -0.05) is 12.1 Å². The first-order valence-electron chi connectivity index (χ1n) is 6.93. The highest BCUT2D eigenvalue weighted by atomic mass is 32.1. The molecule has 0 bridgehead atoms. The number of nitrogens with zero attached hydrogens (tertiary/aromatic N) is 1. The summed E-state index contributed by atoms with van der Waals surface area (Å²) in [6, 6.07) is 6.16.